The molecule has 1 heterocycles. The van der Waals surface area contributed by atoms with Gasteiger partial charge in [0, 0.05) is 22.4 Å². The van der Waals surface area contributed by atoms with E-state index in [1.807, 2.05) is 43.3 Å². The lowest BCUT2D eigenvalue weighted by Gasteiger charge is -2.16. The zero-order chi connectivity index (χ0) is 26.0. The minimum atomic E-state index is -0.824. The van der Waals surface area contributed by atoms with E-state index in [9.17, 15) is 9.50 Å². The Morgan fingerprint density at radius 1 is 1.14 bits per heavy atom. The minimum Gasteiger partial charge on any atom is -0.388 e. The van der Waals surface area contributed by atoms with Crippen molar-refractivity contribution >= 4 is 17.0 Å². The fourth-order valence-corrected chi connectivity index (χ4v) is 3.38. The highest BCUT2D eigenvalue weighted by atomic mass is 19.1. The van der Waals surface area contributed by atoms with E-state index in [-0.39, 0.29) is 12.2 Å². The number of halogens is 1. The maximum atomic E-state index is 13.5. The molecule has 3 aromatic rings. The first-order valence-corrected chi connectivity index (χ1v) is 12.1. The molecule has 0 radical (unpaired) electrons. The maximum Gasteiger partial charge on any atom is 0.123 e. The Labute approximate surface area is 209 Å². The Morgan fingerprint density at radius 2 is 1.71 bits per heavy atom. The second kappa shape index (κ2) is 13.0. The van der Waals surface area contributed by atoms with Crippen LogP contribution in [-0.4, -0.2) is 16.2 Å². The number of benzene rings is 2. The molecule has 1 atom stereocenters. The SMILES string of the molecule is C=CC.CC(C)(C)C.N#CCC(O)/C=C/c1c(C2CC2)nc2ccccc2c1-c1ccc(F)cc1. The molecule has 0 amide bonds. The van der Waals surface area contributed by atoms with Crippen LogP contribution in [0.2, 0.25) is 0 Å². The van der Waals surface area contributed by atoms with Gasteiger partial charge < -0.3 is 5.11 Å². The van der Waals surface area contributed by atoms with E-state index in [4.69, 9.17) is 10.2 Å². The standard InChI is InChI=1S/C23H19FN2O.C5H12.C3H6/c24-17-9-7-15(8-10-17)22-19-3-1-2-4-21(19)26-23(16-5-6-16)20(22)12-11-18(27)13-14-25;1-5(2,3)4;1-3-2/h1-4,7-12,16,18,27H,5-6,13H2;1-4H3;3H,1H2,2H3/b12-11+;;. The van der Waals surface area contributed by atoms with Crippen LogP contribution in [-0.2, 0) is 0 Å². The number of hydrogen-bond acceptors (Lipinski definition) is 3. The van der Waals surface area contributed by atoms with E-state index in [1.165, 1.54) is 12.1 Å². The van der Waals surface area contributed by atoms with E-state index in [0.717, 1.165) is 46.1 Å². The van der Waals surface area contributed by atoms with Gasteiger partial charge >= 0.3 is 0 Å². The third-order valence-electron chi connectivity index (χ3n) is 4.84. The van der Waals surface area contributed by atoms with Crippen LogP contribution in [0, 0.1) is 22.6 Å². The van der Waals surface area contributed by atoms with Crippen molar-refractivity contribution in [1.29, 1.82) is 5.26 Å². The number of aliphatic hydroxyl groups excluding tert-OH is 1. The molecule has 0 aliphatic heterocycles. The summed E-state index contributed by atoms with van der Waals surface area (Å²) in [6.45, 7) is 14.0. The smallest absolute Gasteiger partial charge is 0.123 e. The zero-order valence-corrected chi connectivity index (χ0v) is 21.6. The van der Waals surface area contributed by atoms with Gasteiger partial charge in [-0.15, -0.1) is 6.58 Å². The number of hydrogen-bond donors (Lipinski definition) is 1. The van der Waals surface area contributed by atoms with Crippen molar-refractivity contribution in [2.75, 3.05) is 0 Å². The molecule has 4 heteroatoms. The molecule has 35 heavy (non-hydrogen) atoms. The van der Waals surface area contributed by atoms with Crippen molar-refractivity contribution in [2.45, 2.75) is 65.9 Å². The molecule has 1 N–H and O–H groups in total. The molecule has 0 spiro atoms. The number of nitriles is 1. The van der Waals surface area contributed by atoms with E-state index in [1.54, 1.807) is 24.3 Å². The number of para-hydroxylation sites is 1. The average Bonchev–Trinajstić information content (AvgIpc) is 3.62. The summed E-state index contributed by atoms with van der Waals surface area (Å²) >= 11 is 0. The highest BCUT2D eigenvalue weighted by molar-refractivity contribution is 5.99. The zero-order valence-electron chi connectivity index (χ0n) is 21.6. The van der Waals surface area contributed by atoms with Crippen molar-refractivity contribution in [3.63, 3.8) is 0 Å². The van der Waals surface area contributed by atoms with Gasteiger partial charge in [0.2, 0.25) is 0 Å². The summed E-state index contributed by atoms with van der Waals surface area (Å²) in [4.78, 5) is 4.89. The summed E-state index contributed by atoms with van der Waals surface area (Å²) in [6.07, 6.45) is 6.67. The first-order chi connectivity index (χ1) is 16.6. The second-order valence-corrected chi connectivity index (χ2v) is 10.3. The van der Waals surface area contributed by atoms with Crippen molar-refractivity contribution in [1.82, 2.24) is 4.98 Å². The van der Waals surface area contributed by atoms with Crippen molar-refractivity contribution in [2.24, 2.45) is 5.41 Å². The average molecular weight is 473 g/mol. The molecule has 1 aliphatic rings. The monoisotopic (exact) mass is 472 g/mol. The maximum absolute atomic E-state index is 13.5. The normalized spacial score (nSPS) is 13.8. The number of allylic oxidation sites excluding steroid dienone is 1. The van der Waals surface area contributed by atoms with Gasteiger partial charge in [0.1, 0.15) is 5.82 Å². The molecule has 1 aliphatic carbocycles. The van der Waals surface area contributed by atoms with Crippen LogP contribution in [0.4, 0.5) is 4.39 Å². The predicted octanol–water partition coefficient (Wildman–Crippen LogP) is 8.45. The highest BCUT2D eigenvalue weighted by Crippen LogP contribution is 2.45. The summed E-state index contributed by atoms with van der Waals surface area (Å²) in [5, 5.41) is 19.8. The summed E-state index contributed by atoms with van der Waals surface area (Å²) in [7, 11) is 0. The quantitative estimate of drug-likeness (QED) is 0.379. The third-order valence-corrected chi connectivity index (χ3v) is 4.84. The van der Waals surface area contributed by atoms with Crippen LogP contribution in [0.25, 0.3) is 28.1 Å². The molecule has 1 saturated carbocycles. The highest BCUT2D eigenvalue weighted by Gasteiger charge is 2.29. The molecule has 184 valence electrons. The Balaban J connectivity index is 0.000000473. The number of aliphatic hydroxyl groups is 1. The molecule has 0 bridgehead atoms. The Morgan fingerprint density at radius 3 is 2.26 bits per heavy atom. The van der Waals surface area contributed by atoms with Gasteiger partial charge in [-0.25, -0.2) is 4.39 Å². The number of fused-ring (bicyclic) bond motifs is 1. The number of pyridine rings is 1. The van der Waals surface area contributed by atoms with Gasteiger partial charge in [0.15, 0.2) is 0 Å². The van der Waals surface area contributed by atoms with Crippen LogP contribution < -0.4 is 0 Å². The number of nitrogens with zero attached hydrogens (tertiary/aromatic N) is 2. The molecule has 0 saturated heterocycles. The largest absolute Gasteiger partial charge is 0.388 e. The van der Waals surface area contributed by atoms with Crippen LogP contribution in [0.5, 0.6) is 0 Å². The molecule has 1 unspecified atom stereocenters. The molecule has 3 nitrogen and oxygen atoms in total. The Bertz CT molecular complexity index is 1170. The van der Waals surface area contributed by atoms with Crippen LogP contribution in [0.1, 0.15) is 71.1 Å². The van der Waals surface area contributed by atoms with Gasteiger partial charge in [0.25, 0.3) is 0 Å². The van der Waals surface area contributed by atoms with E-state index >= 15 is 0 Å². The summed E-state index contributed by atoms with van der Waals surface area (Å²) < 4.78 is 13.5. The Hall–Kier alpha value is -3.29. The van der Waals surface area contributed by atoms with Crippen molar-refractivity contribution in [3.05, 3.63) is 84.3 Å². The lowest BCUT2D eigenvalue weighted by Crippen LogP contribution is -2.02. The van der Waals surface area contributed by atoms with E-state index < -0.39 is 6.10 Å². The lowest BCUT2D eigenvalue weighted by atomic mass is 9.92. The molecular weight excluding hydrogens is 435 g/mol. The molecular formula is C31H37FN2O. The summed E-state index contributed by atoms with van der Waals surface area (Å²) in [5.41, 5.74) is 5.26. The molecule has 4 rings (SSSR count). The fraction of sp³-hybridized carbons (Fsp3) is 0.355. The summed E-state index contributed by atoms with van der Waals surface area (Å²) in [5.74, 6) is 0.127. The topological polar surface area (TPSA) is 56.9 Å². The summed E-state index contributed by atoms with van der Waals surface area (Å²) in [6, 6.07) is 16.4. The second-order valence-electron chi connectivity index (χ2n) is 10.3. The van der Waals surface area contributed by atoms with Crippen LogP contribution in [0.15, 0.2) is 67.3 Å². The minimum absolute atomic E-state index is 0.0438. The van der Waals surface area contributed by atoms with Gasteiger partial charge in [-0.05, 0) is 48.9 Å². The van der Waals surface area contributed by atoms with Crippen LogP contribution in [0.3, 0.4) is 0 Å². The van der Waals surface area contributed by atoms with E-state index in [0.29, 0.717) is 11.3 Å². The van der Waals surface area contributed by atoms with Gasteiger partial charge in [-0.2, -0.15) is 5.26 Å². The predicted molar refractivity (Wildman–Crippen MR) is 145 cm³/mol. The van der Waals surface area contributed by atoms with Gasteiger partial charge in [-0.3, -0.25) is 4.98 Å². The molecule has 1 aromatic heterocycles. The van der Waals surface area contributed by atoms with Gasteiger partial charge in [-0.1, -0.05) is 76.3 Å². The van der Waals surface area contributed by atoms with Crippen LogP contribution >= 0.6 is 0 Å². The number of rotatable bonds is 5. The van der Waals surface area contributed by atoms with Gasteiger partial charge in [0.05, 0.1) is 29.8 Å². The third kappa shape index (κ3) is 9.11. The fourth-order valence-electron chi connectivity index (χ4n) is 3.38. The molecule has 2 aromatic carbocycles. The Kier molecular flexibility index (Phi) is 10.4. The lowest BCUT2D eigenvalue weighted by molar-refractivity contribution is 0.229. The number of aromatic nitrogens is 1. The first kappa shape index (κ1) is 28.0. The first-order valence-electron chi connectivity index (χ1n) is 12.1. The van der Waals surface area contributed by atoms with Crippen molar-refractivity contribution in [3.8, 4) is 17.2 Å². The van der Waals surface area contributed by atoms with E-state index in [2.05, 4.69) is 34.3 Å². The van der Waals surface area contributed by atoms with Crippen molar-refractivity contribution < 1.29 is 9.50 Å². The molecule has 1 fully saturated rings.